The van der Waals surface area contributed by atoms with Crippen molar-refractivity contribution in [3.63, 3.8) is 0 Å². The average Bonchev–Trinajstić information content (AvgIpc) is 3.11. The number of nitrogens with zero attached hydrogens (tertiary/aromatic N) is 1. The number of nitro groups is 1. The number of furan rings is 1. The number of carbonyl (C=O) groups excluding carboxylic acids is 2. The Balaban J connectivity index is 2.15. The van der Waals surface area contributed by atoms with Crippen LogP contribution in [0.2, 0.25) is 0 Å². The minimum Gasteiger partial charge on any atom is -0.404 e. The van der Waals surface area contributed by atoms with E-state index < -0.39 is 52.2 Å². The van der Waals surface area contributed by atoms with Gasteiger partial charge in [-0.2, -0.15) is 13.2 Å². The Kier molecular flexibility index (Phi) is 4.59. The third kappa shape index (κ3) is 3.17. The van der Waals surface area contributed by atoms with E-state index in [-0.39, 0.29) is 5.56 Å². The minimum absolute atomic E-state index is 0.167. The second kappa shape index (κ2) is 6.64. The fraction of sp³-hybridized carbons (Fsp3) is 0.250. The molecule has 28 heavy (non-hydrogen) atoms. The van der Waals surface area contributed by atoms with Gasteiger partial charge < -0.3 is 20.2 Å². The van der Waals surface area contributed by atoms with Gasteiger partial charge in [-0.1, -0.05) is 30.3 Å². The van der Waals surface area contributed by atoms with Crippen LogP contribution in [-0.4, -0.2) is 33.7 Å². The van der Waals surface area contributed by atoms with Crippen LogP contribution in [0.15, 0.2) is 46.9 Å². The van der Waals surface area contributed by atoms with E-state index in [0.29, 0.717) is 0 Å². The normalized spacial score (nSPS) is 24.9. The zero-order chi connectivity index (χ0) is 20.7. The first kappa shape index (κ1) is 19.4. The summed E-state index contributed by atoms with van der Waals surface area (Å²) in [5.74, 6) is -4.77. The zero-order valence-corrected chi connectivity index (χ0v) is 13.8. The number of amides is 2. The van der Waals surface area contributed by atoms with Gasteiger partial charge in [0.15, 0.2) is 5.78 Å². The highest BCUT2D eigenvalue weighted by Crippen LogP contribution is 2.44. The Bertz CT molecular complexity index is 929. The first-order valence-corrected chi connectivity index (χ1v) is 7.76. The lowest BCUT2D eigenvalue weighted by atomic mass is 9.79. The molecule has 1 fully saturated rings. The number of hydrogen-bond donors (Lipinski definition) is 3. The van der Waals surface area contributed by atoms with E-state index in [1.165, 1.54) is 35.6 Å². The van der Waals surface area contributed by atoms with Crippen molar-refractivity contribution in [3.05, 3.63) is 63.9 Å². The van der Waals surface area contributed by atoms with Gasteiger partial charge in [0.25, 0.3) is 0 Å². The highest BCUT2D eigenvalue weighted by molar-refractivity contribution is 6.00. The molecule has 3 atom stereocenters. The van der Waals surface area contributed by atoms with Crippen molar-refractivity contribution in [2.24, 2.45) is 5.92 Å². The van der Waals surface area contributed by atoms with E-state index in [1.54, 1.807) is 0 Å². The predicted octanol–water partition coefficient (Wildman–Crippen LogP) is 2.29. The molecule has 2 heterocycles. The molecular weight excluding hydrogens is 387 g/mol. The number of carbonyl (C=O) groups is 2. The molecule has 12 heteroatoms. The van der Waals surface area contributed by atoms with Crippen LogP contribution >= 0.6 is 0 Å². The van der Waals surface area contributed by atoms with Crippen LogP contribution < -0.4 is 10.6 Å². The molecule has 0 saturated carbocycles. The molecule has 1 aromatic heterocycles. The summed E-state index contributed by atoms with van der Waals surface area (Å²) in [7, 11) is 0. The van der Waals surface area contributed by atoms with Crippen LogP contribution in [0.25, 0.3) is 0 Å². The van der Waals surface area contributed by atoms with Gasteiger partial charge in [0.1, 0.15) is 22.6 Å². The molecule has 0 radical (unpaired) electrons. The molecule has 0 aliphatic carbocycles. The van der Waals surface area contributed by atoms with E-state index >= 15 is 0 Å². The second-order valence-electron chi connectivity index (χ2n) is 5.98. The van der Waals surface area contributed by atoms with Crippen molar-refractivity contribution < 1.29 is 37.2 Å². The lowest BCUT2D eigenvalue weighted by Crippen LogP contribution is -2.72. The predicted molar refractivity (Wildman–Crippen MR) is 85.0 cm³/mol. The smallest absolute Gasteiger partial charge is 0.404 e. The molecule has 0 unspecified atom stereocenters. The topological polar surface area (TPSA) is 135 Å². The Hall–Kier alpha value is -3.41. The molecule has 1 saturated heterocycles. The Morgan fingerprint density at radius 2 is 1.86 bits per heavy atom. The third-order valence-corrected chi connectivity index (χ3v) is 4.25. The van der Waals surface area contributed by atoms with Gasteiger partial charge in [0, 0.05) is 5.56 Å². The summed E-state index contributed by atoms with van der Waals surface area (Å²) < 4.78 is 45.9. The lowest BCUT2D eigenvalue weighted by molar-refractivity contribution is -0.402. The summed E-state index contributed by atoms with van der Waals surface area (Å²) in [6.07, 6.45) is -5.43. The number of halogens is 3. The van der Waals surface area contributed by atoms with E-state index in [0.717, 1.165) is 12.1 Å². The van der Waals surface area contributed by atoms with E-state index in [2.05, 4.69) is 5.32 Å². The van der Waals surface area contributed by atoms with Crippen LogP contribution in [0, 0.1) is 16.0 Å². The van der Waals surface area contributed by atoms with Gasteiger partial charge in [0.2, 0.25) is 5.72 Å². The van der Waals surface area contributed by atoms with Gasteiger partial charge in [-0.15, -0.1) is 0 Å². The number of urea groups is 1. The molecule has 9 nitrogen and oxygen atoms in total. The molecule has 2 aromatic rings. The number of rotatable bonds is 4. The molecule has 0 bridgehead atoms. The summed E-state index contributed by atoms with van der Waals surface area (Å²) in [4.78, 5) is 34.5. The Labute approximate surface area is 154 Å². The molecule has 148 valence electrons. The van der Waals surface area contributed by atoms with Crippen LogP contribution in [0.3, 0.4) is 0 Å². The second-order valence-corrected chi connectivity index (χ2v) is 5.98. The first-order valence-electron chi connectivity index (χ1n) is 7.76. The van der Waals surface area contributed by atoms with Crippen LogP contribution in [0.1, 0.15) is 22.2 Å². The molecule has 1 aliphatic rings. The van der Waals surface area contributed by atoms with Crippen molar-refractivity contribution >= 4 is 17.7 Å². The molecule has 1 aliphatic heterocycles. The number of nitrogens with one attached hydrogen (secondary N) is 2. The quantitative estimate of drug-likeness (QED) is 0.410. The highest BCUT2D eigenvalue weighted by atomic mass is 19.4. The highest BCUT2D eigenvalue weighted by Gasteiger charge is 2.67. The standard InChI is InChI=1S/C16H12F3N3O6/c17-16(18,19)15(25)11(13(23)8-4-2-1-3-5-8)12(20-14(24)21-15)9-6-7-10(28-9)22(26)27/h1-7,11-12,25H,(H2,20,21,24)/t11-,12-,15+/m1/s1. The number of benzene rings is 1. The number of Topliss-reactive ketones (excluding diaryl/α,β-unsaturated/α-hetero) is 1. The Morgan fingerprint density at radius 3 is 2.39 bits per heavy atom. The maximum Gasteiger partial charge on any atom is 0.437 e. The van der Waals surface area contributed by atoms with Crippen LogP contribution in [0.5, 0.6) is 0 Å². The van der Waals surface area contributed by atoms with E-state index in [9.17, 15) is 38.0 Å². The summed E-state index contributed by atoms with van der Waals surface area (Å²) in [6.45, 7) is 0. The zero-order valence-electron chi connectivity index (χ0n) is 13.8. The Morgan fingerprint density at radius 1 is 1.21 bits per heavy atom. The molecule has 0 spiro atoms. The maximum atomic E-state index is 13.7. The fourth-order valence-corrected chi connectivity index (χ4v) is 2.97. The average molecular weight is 399 g/mol. The van der Waals surface area contributed by atoms with Crippen LogP contribution in [-0.2, 0) is 0 Å². The molecule has 3 rings (SSSR count). The van der Waals surface area contributed by atoms with Crippen molar-refractivity contribution in [1.82, 2.24) is 10.6 Å². The van der Waals surface area contributed by atoms with Crippen molar-refractivity contribution in [2.45, 2.75) is 17.9 Å². The molecule has 1 aromatic carbocycles. The molecular formula is C16H12F3N3O6. The maximum absolute atomic E-state index is 13.7. The van der Waals surface area contributed by atoms with Gasteiger partial charge in [-0.25, -0.2) is 4.79 Å². The van der Waals surface area contributed by atoms with Gasteiger partial charge in [-0.3, -0.25) is 14.9 Å². The molecule has 3 N–H and O–H groups in total. The molecule has 2 amide bonds. The number of aliphatic hydroxyl groups is 1. The van der Waals surface area contributed by atoms with Gasteiger partial charge in [-0.05, 0) is 6.07 Å². The first-order chi connectivity index (χ1) is 13.0. The minimum atomic E-state index is -5.43. The van der Waals surface area contributed by atoms with E-state index in [1.807, 2.05) is 0 Å². The fourth-order valence-electron chi connectivity index (χ4n) is 2.97. The largest absolute Gasteiger partial charge is 0.437 e. The monoisotopic (exact) mass is 399 g/mol. The van der Waals surface area contributed by atoms with Crippen molar-refractivity contribution in [3.8, 4) is 0 Å². The van der Waals surface area contributed by atoms with Crippen molar-refractivity contribution in [1.29, 1.82) is 0 Å². The summed E-state index contributed by atoms with van der Waals surface area (Å²) >= 11 is 0. The lowest BCUT2D eigenvalue weighted by Gasteiger charge is -2.44. The van der Waals surface area contributed by atoms with Gasteiger partial charge >= 0.3 is 18.1 Å². The summed E-state index contributed by atoms with van der Waals surface area (Å²) in [6, 6.07) is 5.37. The number of ketones is 1. The number of hydrogen-bond acceptors (Lipinski definition) is 6. The third-order valence-electron chi connectivity index (χ3n) is 4.25. The summed E-state index contributed by atoms with van der Waals surface area (Å²) in [5, 5.41) is 24.5. The van der Waals surface area contributed by atoms with Gasteiger partial charge in [0.05, 0.1) is 6.07 Å². The number of alkyl halides is 3. The van der Waals surface area contributed by atoms with Crippen molar-refractivity contribution in [2.75, 3.05) is 0 Å². The SMILES string of the molecule is O=C1N[C@H](c2ccc([N+](=O)[O-])o2)[C@H](C(=O)c2ccccc2)[C@](O)(C(F)(F)F)N1. The summed E-state index contributed by atoms with van der Waals surface area (Å²) in [5.41, 5.74) is -4.10. The van der Waals surface area contributed by atoms with E-state index in [4.69, 9.17) is 4.42 Å². The van der Waals surface area contributed by atoms with Crippen LogP contribution in [0.4, 0.5) is 23.8 Å².